The molecular weight excluding hydrogens is 272 g/mol. The largest absolute Gasteiger partial charge is 0.371 e. The highest BCUT2D eigenvalue weighted by Gasteiger charge is 2.38. The molecule has 0 N–H and O–H groups in total. The summed E-state index contributed by atoms with van der Waals surface area (Å²) in [6.45, 7) is 8.59. The van der Waals surface area contributed by atoms with Crippen molar-refractivity contribution in [2.45, 2.75) is 51.2 Å². The molecule has 0 amide bonds. The van der Waals surface area contributed by atoms with Gasteiger partial charge in [0.15, 0.2) is 0 Å². The van der Waals surface area contributed by atoms with E-state index in [1.807, 2.05) is 0 Å². The third kappa shape index (κ3) is 3.88. The molecule has 2 atom stereocenters. The van der Waals surface area contributed by atoms with E-state index in [4.69, 9.17) is 4.74 Å². The maximum absolute atomic E-state index is 5.52. The average Bonchev–Trinajstić information content (AvgIpc) is 3.26. The van der Waals surface area contributed by atoms with Crippen LogP contribution in [-0.2, 0) is 4.74 Å². The van der Waals surface area contributed by atoms with Crippen LogP contribution < -0.4 is 0 Å². The van der Waals surface area contributed by atoms with Crippen molar-refractivity contribution in [2.75, 3.05) is 39.8 Å². The number of epoxide rings is 1. The predicted molar refractivity (Wildman–Crippen MR) is 85.6 cm³/mol. The normalized spacial score (nSPS) is 31.8. The van der Waals surface area contributed by atoms with E-state index in [2.05, 4.69) is 23.8 Å². The van der Waals surface area contributed by atoms with Crippen LogP contribution in [0.3, 0.4) is 0 Å². The topological polar surface area (TPSA) is 19.0 Å². The van der Waals surface area contributed by atoms with Gasteiger partial charge >= 0.3 is 0 Å². The Labute approximate surface area is 130 Å². The molecule has 118 valence electrons. The first kappa shape index (κ1) is 16.5. The van der Waals surface area contributed by atoms with Gasteiger partial charge in [0.2, 0.25) is 0 Å². The summed E-state index contributed by atoms with van der Waals surface area (Å²) >= 11 is 0. The number of nitrogens with zero attached hydrogens (tertiary/aromatic N) is 2. The van der Waals surface area contributed by atoms with E-state index < -0.39 is 0 Å². The molecule has 4 heteroatoms. The van der Waals surface area contributed by atoms with Crippen LogP contribution >= 0.6 is 12.4 Å². The minimum Gasteiger partial charge on any atom is -0.371 e. The van der Waals surface area contributed by atoms with Gasteiger partial charge < -0.3 is 9.64 Å². The van der Waals surface area contributed by atoms with Gasteiger partial charge in [0.1, 0.15) is 0 Å². The highest BCUT2D eigenvalue weighted by molar-refractivity contribution is 5.85. The zero-order chi connectivity index (χ0) is 13.2. The Morgan fingerprint density at radius 2 is 1.50 bits per heavy atom. The first-order chi connectivity index (χ1) is 9.28. The monoisotopic (exact) mass is 302 g/mol. The second-order valence-corrected chi connectivity index (χ2v) is 6.86. The maximum Gasteiger partial charge on any atom is 0.0964 e. The standard InChI is InChI=1S/C16H30N2O.ClH/c1-3-15(16-12-19-16)18-10-6-14(7-11-18)13-4-8-17(2)9-5-13;/h13-16H,3-12H2,1-2H3;1H. The summed E-state index contributed by atoms with van der Waals surface area (Å²) in [5.41, 5.74) is 0. The second-order valence-electron chi connectivity index (χ2n) is 6.86. The number of likely N-dealkylation sites (tertiary alicyclic amines) is 2. The van der Waals surface area contributed by atoms with E-state index in [9.17, 15) is 0 Å². The van der Waals surface area contributed by atoms with Crippen LogP contribution in [0, 0.1) is 11.8 Å². The van der Waals surface area contributed by atoms with Gasteiger partial charge in [-0.3, -0.25) is 4.90 Å². The second kappa shape index (κ2) is 7.44. The van der Waals surface area contributed by atoms with E-state index in [1.54, 1.807) is 0 Å². The first-order valence-electron chi connectivity index (χ1n) is 8.32. The number of hydrogen-bond acceptors (Lipinski definition) is 3. The predicted octanol–water partition coefficient (Wildman–Crippen LogP) is 2.64. The van der Waals surface area contributed by atoms with Crippen LogP contribution in [0.5, 0.6) is 0 Å². The van der Waals surface area contributed by atoms with Gasteiger partial charge in [-0.25, -0.2) is 0 Å². The molecule has 0 aromatic rings. The van der Waals surface area contributed by atoms with Crippen molar-refractivity contribution < 1.29 is 4.74 Å². The molecule has 0 spiro atoms. The van der Waals surface area contributed by atoms with Crippen molar-refractivity contribution >= 4 is 12.4 Å². The summed E-state index contributed by atoms with van der Waals surface area (Å²) in [7, 11) is 2.26. The van der Waals surface area contributed by atoms with Crippen LogP contribution in [0.25, 0.3) is 0 Å². The third-order valence-corrected chi connectivity index (χ3v) is 5.68. The molecule has 3 saturated heterocycles. The lowest BCUT2D eigenvalue weighted by atomic mass is 9.78. The van der Waals surface area contributed by atoms with Gasteiger partial charge in [0, 0.05) is 6.04 Å². The van der Waals surface area contributed by atoms with Crippen LogP contribution in [-0.4, -0.2) is 61.8 Å². The van der Waals surface area contributed by atoms with E-state index in [-0.39, 0.29) is 12.4 Å². The molecule has 0 saturated carbocycles. The van der Waals surface area contributed by atoms with Crippen LogP contribution in [0.2, 0.25) is 0 Å². The zero-order valence-corrected chi connectivity index (χ0v) is 13.9. The summed E-state index contributed by atoms with van der Waals surface area (Å²) < 4.78 is 5.52. The summed E-state index contributed by atoms with van der Waals surface area (Å²) in [5.74, 6) is 2.01. The molecule has 3 nitrogen and oxygen atoms in total. The van der Waals surface area contributed by atoms with E-state index >= 15 is 0 Å². The average molecular weight is 303 g/mol. The quantitative estimate of drug-likeness (QED) is 0.744. The lowest BCUT2D eigenvalue weighted by molar-refractivity contribution is 0.0706. The van der Waals surface area contributed by atoms with Crippen molar-refractivity contribution in [3.8, 4) is 0 Å². The van der Waals surface area contributed by atoms with Gasteiger partial charge in [0.05, 0.1) is 12.7 Å². The molecule has 0 aromatic heterocycles. The molecule has 3 aliphatic rings. The Morgan fingerprint density at radius 1 is 1.00 bits per heavy atom. The number of piperidine rings is 2. The highest BCUT2D eigenvalue weighted by atomic mass is 35.5. The number of ether oxygens (including phenoxy) is 1. The van der Waals surface area contributed by atoms with Gasteiger partial charge in [-0.15, -0.1) is 12.4 Å². The minimum atomic E-state index is 0. The zero-order valence-electron chi connectivity index (χ0n) is 13.1. The highest BCUT2D eigenvalue weighted by Crippen LogP contribution is 2.34. The van der Waals surface area contributed by atoms with Crippen molar-refractivity contribution in [2.24, 2.45) is 11.8 Å². The molecular formula is C16H31ClN2O. The maximum atomic E-state index is 5.52. The number of hydrogen-bond donors (Lipinski definition) is 0. The molecule has 3 fully saturated rings. The molecule has 3 rings (SSSR count). The summed E-state index contributed by atoms with van der Waals surface area (Å²) in [6.07, 6.45) is 7.54. The number of rotatable bonds is 4. The van der Waals surface area contributed by atoms with Crippen LogP contribution in [0.15, 0.2) is 0 Å². The molecule has 3 heterocycles. The Hall–Kier alpha value is 0.170. The van der Waals surface area contributed by atoms with Gasteiger partial charge in [-0.2, -0.15) is 0 Å². The Balaban J connectivity index is 0.00000147. The SMILES string of the molecule is CCC(C1CO1)N1CCC(C2CCN(C)CC2)CC1.Cl. The molecule has 3 aliphatic heterocycles. The van der Waals surface area contributed by atoms with Gasteiger partial charge in [0.25, 0.3) is 0 Å². The van der Waals surface area contributed by atoms with Crippen LogP contribution in [0.1, 0.15) is 39.0 Å². The van der Waals surface area contributed by atoms with Gasteiger partial charge in [-0.05, 0) is 77.2 Å². The van der Waals surface area contributed by atoms with Crippen molar-refractivity contribution in [1.29, 1.82) is 0 Å². The van der Waals surface area contributed by atoms with Crippen LogP contribution in [0.4, 0.5) is 0 Å². The van der Waals surface area contributed by atoms with Crippen molar-refractivity contribution in [3.05, 3.63) is 0 Å². The van der Waals surface area contributed by atoms with Crippen molar-refractivity contribution in [1.82, 2.24) is 9.80 Å². The van der Waals surface area contributed by atoms with Gasteiger partial charge in [-0.1, -0.05) is 6.92 Å². The summed E-state index contributed by atoms with van der Waals surface area (Å²) in [5, 5.41) is 0. The molecule has 0 radical (unpaired) electrons. The summed E-state index contributed by atoms with van der Waals surface area (Å²) in [4.78, 5) is 5.20. The molecule has 0 aromatic carbocycles. The lowest BCUT2D eigenvalue weighted by Gasteiger charge is -2.41. The molecule has 20 heavy (non-hydrogen) atoms. The smallest absolute Gasteiger partial charge is 0.0964 e. The first-order valence-corrected chi connectivity index (χ1v) is 8.32. The fourth-order valence-corrected chi connectivity index (χ4v) is 4.26. The van der Waals surface area contributed by atoms with E-state index in [0.29, 0.717) is 12.1 Å². The molecule has 0 aliphatic carbocycles. The molecule has 0 bridgehead atoms. The summed E-state index contributed by atoms with van der Waals surface area (Å²) in [6, 6.07) is 0.707. The lowest BCUT2D eigenvalue weighted by Crippen LogP contribution is -2.46. The minimum absolute atomic E-state index is 0. The van der Waals surface area contributed by atoms with E-state index in [0.717, 1.165) is 18.4 Å². The Bertz CT molecular complexity index is 282. The third-order valence-electron chi connectivity index (χ3n) is 5.68. The fraction of sp³-hybridized carbons (Fsp3) is 1.00. The number of halogens is 1. The Morgan fingerprint density at radius 3 is 1.95 bits per heavy atom. The molecule has 2 unspecified atom stereocenters. The fourth-order valence-electron chi connectivity index (χ4n) is 4.26. The Kier molecular flexibility index (Phi) is 6.15. The van der Waals surface area contributed by atoms with E-state index in [1.165, 1.54) is 58.3 Å². The van der Waals surface area contributed by atoms with Crippen molar-refractivity contribution in [3.63, 3.8) is 0 Å².